The summed E-state index contributed by atoms with van der Waals surface area (Å²) in [6, 6.07) is 11.1. The van der Waals surface area contributed by atoms with Gasteiger partial charge in [-0.3, -0.25) is 4.79 Å². The molecule has 0 saturated heterocycles. The largest absolute Gasteiger partial charge is 0.496 e. The van der Waals surface area contributed by atoms with E-state index < -0.39 is 17.3 Å². The summed E-state index contributed by atoms with van der Waals surface area (Å²) in [5.74, 6) is 0.459. The minimum absolute atomic E-state index is 0.303. The van der Waals surface area contributed by atoms with Crippen molar-refractivity contribution < 1.29 is 22.7 Å². The van der Waals surface area contributed by atoms with Gasteiger partial charge in [-0.05, 0) is 42.3 Å². The highest BCUT2D eigenvalue weighted by Crippen LogP contribution is 2.22. The molecular formula is C18H20ClN3O5S. The number of nitrogens with one attached hydrogen (secondary N) is 3. The van der Waals surface area contributed by atoms with Crippen LogP contribution >= 0.6 is 11.6 Å². The van der Waals surface area contributed by atoms with Crippen LogP contribution in [-0.2, 0) is 17.7 Å². The predicted octanol–water partition coefficient (Wildman–Crippen LogP) is 2.21. The third kappa shape index (κ3) is 6.43. The molecule has 0 aromatic heterocycles. The second kappa shape index (κ2) is 10.5. The Kier molecular flexibility index (Phi) is 8.09. The highest BCUT2D eigenvalue weighted by Gasteiger charge is 2.12. The molecule has 2 aromatic rings. The SMILES string of the molecule is CNC(=O)NS(=O)Oc1cccc(CCNC(=O)c2cc(Cl)ccc2OC)c1. The molecule has 0 spiro atoms. The molecule has 3 amide bonds. The van der Waals surface area contributed by atoms with Crippen molar-refractivity contribution in [3.05, 3.63) is 58.6 Å². The van der Waals surface area contributed by atoms with Crippen LogP contribution in [0.25, 0.3) is 0 Å². The number of urea groups is 1. The average Bonchev–Trinajstić information content (AvgIpc) is 2.67. The average molecular weight is 426 g/mol. The fourth-order valence-electron chi connectivity index (χ4n) is 2.26. The van der Waals surface area contributed by atoms with E-state index in [1.54, 1.807) is 36.4 Å². The zero-order chi connectivity index (χ0) is 20.5. The number of ether oxygens (including phenoxy) is 1. The van der Waals surface area contributed by atoms with Crippen molar-refractivity contribution in [2.75, 3.05) is 20.7 Å². The van der Waals surface area contributed by atoms with Gasteiger partial charge < -0.3 is 19.6 Å². The number of carbonyl (C=O) groups excluding carboxylic acids is 2. The quantitative estimate of drug-likeness (QED) is 0.601. The van der Waals surface area contributed by atoms with Crippen molar-refractivity contribution in [1.82, 2.24) is 15.4 Å². The van der Waals surface area contributed by atoms with Gasteiger partial charge in [0, 0.05) is 18.6 Å². The molecule has 0 radical (unpaired) electrons. The molecule has 3 N–H and O–H groups in total. The van der Waals surface area contributed by atoms with Crippen molar-refractivity contribution in [3.63, 3.8) is 0 Å². The molecule has 0 aliphatic rings. The summed E-state index contributed by atoms with van der Waals surface area (Å²) in [5, 5.41) is 5.51. The molecule has 1 atom stereocenters. The molecule has 2 aromatic carbocycles. The monoisotopic (exact) mass is 425 g/mol. The lowest BCUT2D eigenvalue weighted by Gasteiger charge is -2.10. The second-order valence-electron chi connectivity index (χ2n) is 5.50. The van der Waals surface area contributed by atoms with Gasteiger partial charge in [0.2, 0.25) is 0 Å². The number of methoxy groups -OCH3 is 1. The molecule has 1 unspecified atom stereocenters. The normalized spacial score (nSPS) is 11.2. The maximum atomic E-state index is 12.3. The molecule has 0 fully saturated rings. The molecule has 0 saturated carbocycles. The molecule has 28 heavy (non-hydrogen) atoms. The highest BCUT2D eigenvalue weighted by atomic mass is 35.5. The van der Waals surface area contributed by atoms with E-state index in [0.717, 1.165) is 5.56 Å². The maximum absolute atomic E-state index is 12.3. The van der Waals surface area contributed by atoms with E-state index in [0.29, 0.717) is 35.1 Å². The van der Waals surface area contributed by atoms with Crippen LogP contribution in [0.2, 0.25) is 5.02 Å². The van der Waals surface area contributed by atoms with Crippen LogP contribution in [0.1, 0.15) is 15.9 Å². The molecule has 0 aliphatic heterocycles. The van der Waals surface area contributed by atoms with Gasteiger partial charge in [0.15, 0.2) is 0 Å². The van der Waals surface area contributed by atoms with Crippen molar-refractivity contribution in [2.24, 2.45) is 0 Å². The minimum Gasteiger partial charge on any atom is -0.496 e. The molecule has 150 valence electrons. The Hall–Kier alpha value is -2.78. The van der Waals surface area contributed by atoms with Crippen LogP contribution in [-0.4, -0.2) is 36.8 Å². The molecule has 0 aliphatic carbocycles. The second-order valence-corrected chi connectivity index (χ2v) is 6.77. The summed E-state index contributed by atoms with van der Waals surface area (Å²) in [6.07, 6.45) is 0.515. The van der Waals surface area contributed by atoms with Crippen LogP contribution in [0.5, 0.6) is 11.5 Å². The van der Waals surface area contributed by atoms with Crippen molar-refractivity contribution >= 4 is 34.8 Å². The zero-order valence-electron chi connectivity index (χ0n) is 15.3. The number of carbonyl (C=O) groups is 2. The fraction of sp³-hybridized carbons (Fsp3) is 0.222. The molecular weight excluding hydrogens is 406 g/mol. The van der Waals surface area contributed by atoms with Crippen LogP contribution < -0.4 is 24.3 Å². The van der Waals surface area contributed by atoms with E-state index in [-0.39, 0.29) is 5.91 Å². The summed E-state index contributed by atoms with van der Waals surface area (Å²) in [6.45, 7) is 0.359. The number of amides is 3. The van der Waals surface area contributed by atoms with E-state index in [1.807, 2.05) is 6.07 Å². The van der Waals surface area contributed by atoms with E-state index in [9.17, 15) is 13.8 Å². The zero-order valence-corrected chi connectivity index (χ0v) is 16.9. The van der Waals surface area contributed by atoms with Gasteiger partial charge in [-0.15, -0.1) is 0 Å². The lowest BCUT2D eigenvalue weighted by Crippen LogP contribution is -2.35. The Morgan fingerprint density at radius 2 is 1.96 bits per heavy atom. The first-order valence-corrected chi connectivity index (χ1v) is 9.67. The van der Waals surface area contributed by atoms with Crippen LogP contribution in [0.15, 0.2) is 42.5 Å². The number of hydrogen-bond acceptors (Lipinski definition) is 5. The standard InChI is InChI=1S/C18H20ClN3O5S/c1-20-18(24)22-28(25)27-14-5-3-4-12(10-14)8-9-21-17(23)15-11-13(19)6-7-16(15)26-2/h3-7,10-11H,8-9H2,1-2H3,(H,21,23)(H2,20,22,24). The van der Waals surface area contributed by atoms with E-state index in [4.69, 9.17) is 20.5 Å². The van der Waals surface area contributed by atoms with Crippen LogP contribution in [0.3, 0.4) is 0 Å². The maximum Gasteiger partial charge on any atom is 0.328 e. The molecule has 10 heteroatoms. The van der Waals surface area contributed by atoms with Crippen LogP contribution in [0, 0.1) is 0 Å². The predicted molar refractivity (Wildman–Crippen MR) is 107 cm³/mol. The van der Waals surface area contributed by atoms with Crippen molar-refractivity contribution in [1.29, 1.82) is 0 Å². The summed E-state index contributed by atoms with van der Waals surface area (Å²) in [4.78, 5) is 23.5. The first-order valence-electron chi connectivity index (χ1n) is 8.22. The Morgan fingerprint density at radius 1 is 1.18 bits per heavy atom. The van der Waals surface area contributed by atoms with E-state index in [1.165, 1.54) is 14.2 Å². The Morgan fingerprint density at radius 3 is 2.68 bits per heavy atom. The first kappa shape index (κ1) is 21.5. The smallest absolute Gasteiger partial charge is 0.328 e. The number of halogens is 1. The van der Waals surface area contributed by atoms with Gasteiger partial charge in [0.05, 0.1) is 12.7 Å². The summed E-state index contributed by atoms with van der Waals surface area (Å²) in [5.41, 5.74) is 1.20. The summed E-state index contributed by atoms with van der Waals surface area (Å²) >= 11 is 3.93. The minimum atomic E-state index is -2.01. The molecule has 0 heterocycles. The summed E-state index contributed by atoms with van der Waals surface area (Å²) < 4.78 is 24.1. The number of hydrogen-bond donors (Lipinski definition) is 3. The topological polar surface area (TPSA) is 106 Å². The van der Waals surface area contributed by atoms with Crippen LogP contribution in [0.4, 0.5) is 4.79 Å². The van der Waals surface area contributed by atoms with Gasteiger partial charge >= 0.3 is 17.3 Å². The third-order valence-corrected chi connectivity index (χ3v) is 4.51. The Balaban J connectivity index is 1.91. The molecule has 0 bridgehead atoms. The summed E-state index contributed by atoms with van der Waals surface area (Å²) in [7, 11) is 2.88. The Labute approximate surface area is 170 Å². The van der Waals surface area contributed by atoms with Gasteiger partial charge in [-0.1, -0.05) is 23.7 Å². The number of benzene rings is 2. The van der Waals surface area contributed by atoms with Gasteiger partial charge in [-0.2, -0.15) is 4.21 Å². The first-order chi connectivity index (χ1) is 13.4. The van der Waals surface area contributed by atoms with Gasteiger partial charge in [0.25, 0.3) is 5.91 Å². The molecule has 2 rings (SSSR count). The van der Waals surface area contributed by atoms with E-state index >= 15 is 0 Å². The van der Waals surface area contributed by atoms with Crippen molar-refractivity contribution in [3.8, 4) is 11.5 Å². The highest BCUT2D eigenvalue weighted by molar-refractivity contribution is 7.79. The lowest BCUT2D eigenvalue weighted by atomic mass is 10.1. The Bertz CT molecular complexity index is 878. The van der Waals surface area contributed by atoms with Gasteiger partial charge in [-0.25, -0.2) is 9.52 Å². The molecule has 8 nitrogen and oxygen atoms in total. The number of rotatable bonds is 8. The fourth-order valence-corrected chi connectivity index (χ4v) is 3.01. The third-order valence-electron chi connectivity index (χ3n) is 3.58. The lowest BCUT2D eigenvalue weighted by molar-refractivity contribution is 0.0951. The van der Waals surface area contributed by atoms with E-state index in [2.05, 4.69) is 15.4 Å². The van der Waals surface area contributed by atoms with Gasteiger partial charge in [0.1, 0.15) is 11.5 Å². The van der Waals surface area contributed by atoms with Crippen molar-refractivity contribution in [2.45, 2.75) is 6.42 Å².